The Kier molecular flexibility index (Phi) is 6.41. The van der Waals surface area contributed by atoms with Gasteiger partial charge in [0.05, 0.1) is 19.8 Å². The van der Waals surface area contributed by atoms with E-state index in [1.54, 1.807) is 19.1 Å². The minimum absolute atomic E-state index is 0.299. The monoisotopic (exact) mass is 506 g/mol. The Balaban J connectivity index is 1.56. The zero-order valence-corrected chi connectivity index (χ0v) is 20.3. The number of alkyl halides is 3. The first-order chi connectivity index (χ1) is 17.8. The predicted molar refractivity (Wildman–Crippen MR) is 136 cm³/mol. The Morgan fingerprint density at radius 3 is 2.59 bits per heavy atom. The van der Waals surface area contributed by atoms with Crippen LogP contribution in [-0.2, 0) is 17.4 Å². The maximum Gasteiger partial charge on any atom is 0.416 e. The minimum atomic E-state index is -4.45. The summed E-state index contributed by atoms with van der Waals surface area (Å²) in [5, 5.41) is 1.03. The molecule has 4 aromatic rings. The lowest BCUT2D eigenvalue weighted by molar-refractivity contribution is -0.137. The SMILES string of the molecule is COc1ccc2[nH]c3c(c2c1)CCN(C(=O)/C=C/c1cccc(C(F)(F)F)c1)[C@H]3c1ccccc1OC. The van der Waals surface area contributed by atoms with Crippen LogP contribution in [0.15, 0.2) is 72.8 Å². The molecule has 1 amide bonds. The van der Waals surface area contributed by atoms with Gasteiger partial charge in [0, 0.05) is 34.8 Å². The number of H-pyrrole nitrogens is 1. The lowest BCUT2D eigenvalue weighted by Crippen LogP contribution is -2.39. The summed E-state index contributed by atoms with van der Waals surface area (Å²) in [5.41, 5.74) is 3.25. The van der Waals surface area contributed by atoms with Crippen molar-refractivity contribution < 1.29 is 27.4 Å². The summed E-state index contributed by atoms with van der Waals surface area (Å²) in [6.07, 6.45) is -1.10. The lowest BCUT2D eigenvalue weighted by Gasteiger charge is -2.36. The Bertz CT molecular complexity index is 1490. The van der Waals surface area contributed by atoms with E-state index in [1.165, 1.54) is 24.3 Å². The molecule has 1 atom stereocenters. The van der Waals surface area contributed by atoms with Crippen molar-refractivity contribution in [3.63, 3.8) is 0 Å². The standard InChI is InChI=1S/C29H25F3N2O3/c1-36-20-11-12-24-23(17-20)21-14-15-34(28(27(21)33-24)22-8-3-4-9-25(22)37-2)26(35)13-10-18-6-5-7-19(16-18)29(30,31)32/h3-13,16-17,28,33H,14-15H2,1-2H3/b13-10+/t28-/m0/s1. The first-order valence-electron chi connectivity index (χ1n) is 11.8. The van der Waals surface area contributed by atoms with Crippen LogP contribution < -0.4 is 9.47 Å². The number of aromatic nitrogens is 1. The largest absolute Gasteiger partial charge is 0.497 e. The Morgan fingerprint density at radius 2 is 1.84 bits per heavy atom. The van der Waals surface area contributed by atoms with Crippen LogP contribution in [0.1, 0.15) is 34.0 Å². The normalized spacial score (nSPS) is 15.7. The van der Waals surface area contributed by atoms with Crippen LogP contribution in [0.25, 0.3) is 17.0 Å². The summed E-state index contributed by atoms with van der Waals surface area (Å²) in [6.45, 7) is 0.422. The second-order valence-corrected chi connectivity index (χ2v) is 8.81. The summed E-state index contributed by atoms with van der Waals surface area (Å²) in [6, 6.07) is 17.8. The van der Waals surface area contributed by atoms with Crippen LogP contribution in [0.2, 0.25) is 0 Å². The molecular weight excluding hydrogens is 481 g/mol. The Morgan fingerprint density at radius 1 is 1.03 bits per heavy atom. The molecule has 0 bridgehead atoms. The van der Waals surface area contributed by atoms with Gasteiger partial charge in [0.25, 0.3) is 0 Å². The van der Waals surface area contributed by atoms with Gasteiger partial charge in [-0.3, -0.25) is 4.79 Å². The number of methoxy groups -OCH3 is 2. The average molecular weight is 507 g/mol. The molecule has 2 heterocycles. The molecule has 0 saturated heterocycles. The highest BCUT2D eigenvalue weighted by Gasteiger charge is 2.35. The zero-order chi connectivity index (χ0) is 26.2. The van der Waals surface area contributed by atoms with E-state index in [9.17, 15) is 18.0 Å². The van der Waals surface area contributed by atoms with Crippen LogP contribution in [0.3, 0.4) is 0 Å². The molecule has 0 radical (unpaired) electrons. The number of ether oxygens (including phenoxy) is 2. The molecule has 37 heavy (non-hydrogen) atoms. The average Bonchev–Trinajstić information content (AvgIpc) is 3.28. The number of benzene rings is 3. The molecule has 190 valence electrons. The lowest BCUT2D eigenvalue weighted by atomic mass is 9.91. The van der Waals surface area contributed by atoms with E-state index in [0.29, 0.717) is 24.3 Å². The fourth-order valence-electron chi connectivity index (χ4n) is 4.93. The van der Waals surface area contributed by atoms with Gasteiger partial charge in [0.1, 0.15) is 17.5 Å². The van der Waals surface area contributed by atoms with Crippen molar-refractivity contribution in [2.45, 2.75) is 18.6 Å². The molecule has 0 fully saturated rings. The van der Waals surface area contributed by atoms with E-state index in [0.717, 1.165) is 45.6 Å². The predicted octanol–water partition coefficient (Wildman–Crippen LogP) is 6.39. The van der Waals surface area contributed by atoms with Gasteiger partial charge in [0.15, 0.2) is 0 Å². The van der Waals surface area contributed by atoms with Crippen molar-refractivity contribution in [1.29, 1.82) is 0 Å². The third-order valence-electron chi connectivity index (χ3n) is 6.68. The summed E-state index contributed by atoms with van der Waals surface area (Å²) < 4.78 is 50.4. The smallest absolute Gasteiger partial charge is 0.416 e. The van der Waals surface area contributed by atoms with Crippen molar-refractivity contribution in [3.8, 4) is 11.5 Å². The second-order valence-electron chi connectivity index (χ2n) is 8.81. The highest BCUT2D eigenvalue weighted by molar-refractivity contribution is 5.94. The molecule has 0 saturated carbocycles. The number of para-hydroxylation sites is 1. The highest BCUT2D eigenvalue weighted by Crippen LogP contribution is 2.42. The molecule has 1 aromatic heterocycles. The van der Waals surface area contributed by atoms with E-state index < -0.39 is 17.8 Å². The van der Waals surface area contributed by atoms with Gasteiger partial charge in [-0.25, -0.2) is 0 Å². The summed E-state index contributed by atoms with van der Waals surface area (Å²) >= 11 is 0. The molecule has 5 rings (SSSR count). The number of hydrogen-bond acceptors (Lipinski definition) is 3. The number of aromatic amines is 1. The van der Waals surface area contributed by atoms with Gasteiger partial charge in [0.2, 0.25) is 5.91 Å². The molecule has 1 aliphatic heterocycles. The topological polar surface area (TPSA) is 54.6 Å². The number of fused-ring (bicyclic) bond motifs is 3. The molecule has 1 aliphatic rings. The number of amides is 1. The number of nitrogens with zero attached hydrogens (tertiary/aromatic N) is 1. The quantitative estimate of drug-likeness (QED) is 0.319. The van der Waals surface area contributed by atoms with E-state index in [-0.39, 0.29) is 5.91 Å². The molecule has 1 N–H and O–H groups in total. The fourth-order valence-corrected chi connectivity index (χ4v) is 4.93. The van der Waals surface area contributed by atoms with Gasteiger partial charge in [-0.15, -0.1) is 0 Å². The van der Waals surface area contributed by atoms with Crippen LogP contribution in [0.4, 0.5) is 13.2 Å². The van der Waals surface area contributed by atoms with Gasteiger partial charge in [-0.1, -0.05) is 30.3 Å². The molecular formula is C29H25F3N2O3. The third kappa shape index (κ3) is 4.67. The van der Waals surface area contributed by atoms with Crippen LogP contribution >= 0.6 is 0 Å². The van der Waals surface area contributed by atoms with Gasteiger partial charge >= 0.3 is 6.18 Å². The zero-order valence-electron chi connectivity index (χ0n) is 20.3. The number of rotatable bonds is 5. The first kappa shape index (κ1) is 24.5. The van der Waals surface area contributed by atoms with Crippen molar-refractivity contribution in [2.24, 2.45) is 0 Å². The van der Waals surface area contributed by atoms with E-state index in [2.05, 4.69) is 4.98 Å². The Hall–Kier alpha value is -4.20. The number of halogens is 3. The van der Waals surface area contributed by atoms with E-state index in [4.69, 9.17) is 9.47 Å². The summed E-state index contributed by atoms with van der Waals surface area (Å²) in [4.78, 5) is 18.7. The van der Waals surface area contributed by atoms with Gasteiger partial charge in [-0.2, -0.15) is 13.2 Å². The highest BCUT2D eigenvalue weighted by atomic mass is 19.4. The van der Waals surface area contributed by atoms with Crippen LogP contribution in [0, 0.1) is 0 Å². The number of carbonyl (C=O) groups is 1. The summed E-state index contributed by atoms with van der Waals surface area (Å²) in [7, 11) is 3.20. The maximum atomic E-state index is 13.5. The van der Waals surface area contributed by atoms with Crippen molar-refractivity contribution in [3.05, 3.63) is 101 Å². The second kappa shape index (κ2) is 9.69. The number of carbonyl (C=O) groups excluding carboxylic acids is 1. The van der Waals surface area contributed by atoms with Crippen LogP contribution in [0.5, 0.6) is 11.5 Å². The van der Waals surface area contributed by atoms with Crippen LogP contribution in [-0.4, -0.2) is 36.6 Å². The Labute approximate surface area is 212 Å². The first-order valence-corrected chi connectivity index (χ1v) is 11.8. The molecule has 0 unspecified atom stereocenters. The van der Waals surface area contributed by atoms with Gasteiger partial charge < -0.3 is 19.4 Å². The maximum absolute atomic E-state index is 13.5. The van der Waals surface area contributed by atoms with Crippen molar-refractivity contribution >= 4 is 22.9 Å². The van der Waals surface area contributed by atoms with E-state index in [1.807, 2.05) is 42.5 Å². The van der Waals surface area contributed by atoms with Gasteiger partial charge in [-0.05, 0) is 60.0 Å². The third-order valence-corrected chi connectivity index (χ3v) is 6.68. The molecule has 0 spiro atoms. The molecule has 0 aliphatic carbocycles. The number of nitrogens with one attached hydrogen (secondary N) is 1. The molecule has 5 nitrogen and oxygen atoms in total. The fraction of sp³-hybridized carbons (Fsp3) is 0.207. The molecule has 8 heteroatoms. The van der Waals surface area contributed by atoms with Crippen molar-refractivity contribution in [2.75, 3.05) is 20.8 Å². The number of hydrogen-bond donors (Lipinski definition) is 1. The summed E-state index contributed by atoms with van der Waals surface area (Å²) in [5.74, 6) is 1.07. The minimum Gasteiger partial charge on any atom is -0.497 e. The molecule has 3 aromatic carbocycles. The van der Waals surface area contributed by atoms with Crippen molar-refractivity contribution in [1.82, 2.24) is 9.88 Å². The van der Waals surface area contributed by atoms with E-state index >= 15 is 0 Å².